The first-order chi connectivity index (χ1) is 11.5. The molecular formula is C21H28N2O. The summed E-state index contributed by atoms with van der Waals surface area (Å²) < 4.78 is 0. The van der Waals surface area contributed by atoms with Crippen LogP contribution in [0.4, 0.5) is 5.69 Å². The van der Waals surface area contributed by atoms with Crippen LogP contribution in [0.25, 0.3) is 0 Å². The van der Waals surface area contributed by atoms with Gasteiger partial charge in [0.05, 0.1) is 0 Å². The van der Waals surface area contributed by atoms with Gasteiger partial charge in [-0.3, -0.25) is 4.79 Å². The van der Waals surface area contributed by atoms with Gasteiger partial charge in [0, 0.05) is 32.2 Å². The minimum atomic E-state index is 0.158. The number of hydrogen-bond donors (Lipinski definition) is 1. The third kappa shape index (κ3) is 4.85. The number of hydrogen-bond acceptors (Lipinski definition) is 2. The van der Waals surface area contributed by atoms with E-state index in [9.17, 15) is 4.79 Å². The number of benzene rings is 2. The number of carbonyl (C=O) groups is 1. The van der Waals surface area contributed by atoms with E-state index in [2.05, 4.69) is 44.3 Å². The van der Waals surface area contributed by atoms with E-state index in [-0.39, 0.29) is 5.91 Å². The molecule has 0 radical (unpaired) electrons. The Hall–Kier alpha value is -2.29. The molecule has 2 aromatic rings. The van der Waals surface area contributed by atoms with Crippen molar-refractivity contribution in [3.63, 3.8) is 0 Å². The highest BCUT2D eigenvalue weighted by atomic mass is 16.2. The zero-order chi connectivity index (χ0) is 17.5. The van der Waals surface area contributed by atoms with Gasteiger partial charge < -0.3 is 10.2 Å². The van der Waals surface area contributed by atoms with Crippen molar-refractivity contribution in [1.29, 1.82) is 0 Å². The second-order valence-corrected chi connectivity index (χ2v) is 6.61. The minimum absolute atomic E-state index is 0.158. The Kier molecular flexibility index (Phi) is 6.42. The average Bonchev–Trinajstić information content (AvgIpc) is 2.56. The molecule has 0 aliphatic heterocycles. The van der Waals surface area contributed by atoms with E-state index in [1.54, 1.807) is 4.90 Å². The van der Waals surface area contributed by atoms with Crippen LogP contribution in [0.15, 0.2) is 48.5 Å². The lowest BCUT2D eigenvalue weighted by atomic mass is 9.98. The Morgan fingerprint density at radius 3 is 2.46 bits per heavy atom. The number of rotatable bonds is 7. The molecule has 1 N–H and O–H groups in total. The number of anilines is 1. The van der Waals surface area contributed by atoms with Crippen molar-refractivity contribution in [3.05, 3.63) is 65.2 Å². The van der Waals surface area contributed by atoms with Crippen molar-refractivity contribution in [3.8, 4) is 0 Å². The predicted octanol–water partition coefficient (Wildman–Crippen LogP) is 4.58. The standard InChI is InChI=1S/C21H28N2O/c1-16(2)19-12-8-9-17(3)21(19)22-14-13-20(24)23(4)15-18-10-6-5-7-11-18/h5-12,16,22H,13-15H2,1-4H3. The molecule has 0 bridgehead atoms. The van der Waals surface area contributed by atoms with E-state index in [1.165, 1.54) is 16.8 Å². The average molecular weight is 324 g/mol. The molecule has 3 nitrogen and oxygen atoms in total. The van der Waals surface area contributed by atoms with Crippen LogP contribution >= 0.6 is 0 Å². The molecule has 3 heteroatoms. The van der Waals surface area contributed by atoms with Crippen LogP contribution in [-0.4, -0.2) is 24.4 Å². The lowest BCUT2D eigenvalue weighted by Crippen LogP contribution is -2.28. The summed E-state index contributed by atoms with van der Waals surface area (Å²) in [7, 11) is 1.86. The monoisotopic (exact) mass is 324 g/mol. The van der Waals surface area contributed by atoms with Gasteiger partial charge in [0.25, 0.3) is 0 Å². The minimum Gasteiger partial charge on any atom is -0.384 e. The third-order valence-electron chi connectivity index (χ3n) is 4.26. The van der Waals surface area contributed by atoms with Crippen LogP contribution in [0.3, 0.4) is 0 Å². The van der Waals surface area contributed by atoms with Crippen molar-refractivity contribution in [2.75, 3.05) is 18.9 Å². The molecule has 128 valence electrons. The zero-order valence-electron chi connectivity index (χ0n) is 15.2. The highest BCUT2D eigenvalue weighted by Crippen LogP contribution is 2.27. The number of nitrogens with one attached hydrogen (secondary N) is 1. The summed E-state index contributed by atoms with van der Waals surface area (Å²) in [5, 5.41) is 3.47. The normalized spacial score (nSPS) is 10.7. The summed E-state index contributed by atoms with van der Waals surface area (Å²) in [6.45, 7) is 7.80. The van der Waals surface area contributed by atoms with Gasteiger partial charge in [-0.2, -0.15) is 0 Å². The summed E-state index contributed by atoms with van der Waals surface area (Å²) in [6.07, 6.45) is 0.495. The first-order valence-electron chi connectivity index (χ1n) is 8.60. The lowest BCUT2D eigenvalue weighted by Gasteiger charge is -2.20. The molecule has 2 rings (SSSR count). The highest BCUT2D eigenvalue weighted by Gasteiger charge is 2.11. The van der Waals surface area contributed by atoms with Crippen LogP contribution in [0.5, 0.6) is 0 Å². The first kappa shape index (κ1) is 18.1. The maximum Gasteiger partial charge on any atom is 0.224 e. The molecule has 0 saturated heterocycles. The number of carbonyl (C=O) groups excluding carboxylic acids is 1. The Morgan fingerprint density at radius 1 is 1.08 bits per heavy atom. The van der Waals surface area contributed by atoms with Crippen molar-refractivity contribution >= 4 is 11.6 Å². The molecule has 0 fully saturated rings. The largest absolute Gasteiger partial charge is 0.384 e. The van der Waals surface area contributed by atoms with E-state index in [4.69, 9.17) is 0 Å². The smallest absolute Gasteiger partial charge is 0.224 e. The van der Waals surface area contributed by atoms with Gasteiger partial charge in [-0.05, 0) is 29.5 Å². The van der Waals surface area contributed by atoms with Crippen molar-refractivity contribution < 1.29 is 4.79 Å². The third-order valence-corrected chi connectivity index (χ3v) is 4.26. The summed E-state index contributed by atoms with van der Waals surface area (Å²) >= 11 is 0. The fourth-order valence-corrected chi connectivity index (χ4v) is 2.84. The van der Waals surface area contributed by atoms with Gasteiger partial charge in [-0.25, -0.2) is 0 Å². The fraction of sp³-hybridized carbons (Fsp3) is 0.381. The summed E-state index contributed by atoms with van der Waals surface area (Å²) in [5.41, 5.74) is 4.86. The van der Waals surface area contributed by atoms with E-state index >= 15 is 0 Å². The molecule has 0 aliphatic carbocycles. The van der Waals surface area contributed by atoms with Gasteiger partial charge >= 0.3 is 0 Å². The molecule has 1 amide bonds. The van der Waals surface area contributed by atoms with Crippen LogP contribution in [0.1, 0.15) is 42.9 Å². The van der Waals surface area contributed by atoms with Gasteiger partial charge in [0.1, 0.15) is 0 Å². The van der Waals surface area contributed by atoms with Gasteiger partial charge in [-0.1, -0.05) is 62.4 Å². The van der Waals surface area contributed by atoms with Crippen molar-refractivity contribution in [2.24, 2.45) is 0 Å². The maximum absolute atomic E-state index is 12.3. The molecule has 0 heterocycles. The molecular weight excluding hydrogens is 296 g/mol. The molecule has 0 aromatic heterocycles. The molecule has 0 aliphatic rings. The Morgan fingerprint density at radius 2 is 1.79 bits per heavy atom. The van der Waals surface area contributed by atoms with Crippen molar-refractivity contribution in [1.82, 2.24) is 4.90 Å². The first-order valence-corrected chi connectivity index (χ1v) is 8.60. The van der Waals surface area contributed by atoms with Crippen LogP contribution in [0.2, 0.25) is 0 Å². The molecule has 0 saturated carbocycles. The zero-order valence-corrected chi connectivity index (χ0v) is 15.2. The van der Waals surface area contributed by atoms with Gasteiger partial charge in [0.15, 0.2) is 0 Å². The van der Waals surface area contributed by atoms with Crippen LogP contribution in [0, 0.1) is 6.92 Å². The fourth-order valence-electron chi connectivity index (χ4n) is 2.84. The molecule has 24 heavy (non-hydrogen) atoms. The lowest BCUT2D eigenvalue weighted by molar-refractivity contribution is -0.130. The number of amides is 1. The topological polar surface area (TPSA) is 32.3 Å². The van der Waals surface area contributed by atoms with E-state index < -0.39 is 0 Å². The predicted molar refractivity (Wildman–Crippen MR) is 101 cm³/mol. The Bertz CT molecular complexity index is 665. The Balaban J connectivity index is 1.89. The second kappa shape index (κ2) is 8.53. The maximum atomic E-state index is 12.3. The van der Waals surface area contributed by atoms with Crippen molar-refractivity contribution in [2.45, 2.75) is 39.7 Å². The van der Waals surface area contributed by atoms with Crippen LogP contribution < -0.4 is 5.32 Å². The van der Waals surface area contributed by atoms with E-state index in [1.807, 2.05) is 37.4 Å². The van der Waals surface area contributed by atoms with E-state index in [0.29, 0.717) is 25.4 Å². The summed E-state index contributed by atoms with van der Waals surface area (Å²) in [5.74, 6) is 0.620. The highest BCUT2D eigenvalue weighted by molar-refractivity contribution is 5.76. The molecule has 0 unspecified atom stereocenters. The number of nitrogens with zero attached hydrogens (tertiary/aromatic N) is 1. The molecule has 0 spiro atoms. The van der Waals surface area contributed by atoms with E-state index in [0.717, 1.165) is 5.56 Å². The van der Waals surface area contributed by atoms with Gasteiger partial charge in [0.2, 0.25) is 5.91 Å². The summed E-state index contributed by atoms with van der Waals surface area (Å²) in [6, 6.07) is 16.4. The quantitative estimate of drug-likeness (QED) is 0.808. The second-order valence-electron chi connectivity index (χ2n) is 6.61. The summed E-state index contributed by atoms with van der Waals surface area (Å²) in [4.78, 5) is 14.1. The number of aryl methyl sites for hydroxylation is 1. The van der Waals surface area contributed by atoms with Crippen LogP contribution in [-0.2, 0) is 11.3 Å². The molecule has 2 aromatic carbocycles. The Labute approximate surface area is 145 Å². The SMILES string of the molecule is Cc1cccc(C(C)C)c1NCCC(=O)N(C)Cc1ccccc1. The van der Waals surface area contributed by atoms with Gasteiger partial charge in [-0.15, -0.1) is 0 Å². The number of para-hydroxylation sites is 1. The molecule has 0 atom stereocenters.